The molecule has 1 radical (unpaired) electrons. The number of isothiocyanates is 2. The van der Waals surface area contributed by atoms with E-state index in [0.717, 1.165) is 0 Å². The molecule has 4 nitrogen and oxygen atoms in total. The maximum atomic E-state index is 5.36. The van der Waals surface area contributed by atoms with E-state index in [0.29, 0.717) is 22.9 Å². The maximum absolute atomic E-state index is 5.36. The second-order valence-corrected chi connectivity index (χ2v) is 4.10. The predicted molar refractivity (Wildman–Crippen MR) is 89.3 cm³/mol. The van der Waals surface area contributed by atoms with Crippen LogP contribution >= 0.6 is 24.4 Å². The van der Waals surface area contributed by atoms with Crippen molar-refractivity contribution in [1.29, 1.82) is 0 Å². The molecule has 0 aliphatic rings. The minimum Gasteiger partial charge on any atom is -0.526 e. The zero-order valence-corrected chi connectivity index (χ0v) is 12.4. The van der Waals surface area contributed by atoms with Crippen molar-refractivity contribution < 1.29 is 9.31 Å². The Labute approximate surface area is 133 Å². The fraction of sp³-hybridized carbons (Fsp3) is 0. The average Bonchev–Trinajstić information content (AvgIpc) is 2.49. The fourth-order valence-electron chi connectivity index (χ4n) is 1.49. The molecule has 0 N–H and O–H groups in total. The molecule has 2 rings (SSSR count). The van der Waals surface area contributed by atoms with E-state index in [1.165, 1.54) is 7.69 Å². The summed E-state index contributed by atoms with van der Waals surface area (Å²) >= 11 is 9.10. The zero-order chi connectivity index (χ0) is 14.9. The number of aliphatic imine (C=N–C) groups is 2. The molecule has 7 heteroatoms. The number of hydrogen-bond donors (Lipinski definition) is 0. The Morgan fingerprint density at radius 3 is 1.71 bits per heavy atom. The number of hydrogen-bond acceptors (Lipinski definition) is 6. The largest absolute Gasteiger partial charge is 0.658 e. The molecule has 0 fully saturated rings. The van der Waals surface area contributed by atoms with Crippen LogP contribution in [0.25, 0.3) is 0 Å². The first-order chi connectivity index (χ1) is 10.3. The molecule has 0 aliphatic heterocycles. The summed E-state index contributed by atoms with van der Waals surface area (Å²) in [5.41, 5.74) is 1.32. The van der Waals surface area contributed by atoms with Crippen LogP contribution in [0.2, 0.25) is 0 Å². The minimum absolute atomic E-state index is 0.578. The molecule has 0 saturated heterocycles. The second-order valence-electron chi connectivity index (χ2n) is 3.73. The van der Waals surface area contributed by atoms with Gasteiger partial charge in [0.05, 0.1) is 21.7 Å². The molecule has 0 spiro atoms. The van der Waals surface area contributed by atoms with Crippen LogP contribution in [0.5, 0.6) is 11.5 Å². The topological polar surface area (TPSA) is 43.2 Å². The molecule has 0 unspecified atom stereocenters. The van der Waals surface area contributed by atoms with E-state index in [4.69, 9.17) is 9.31 Å². The van der Waals surface area contributed by atoms with Gasteiger partial charge in [-0.2, -0.15) is 9.98 Å². The van der Waals surface area contributed by atoms with Crippen molar-refractivity contribution in [3.05, 3.63) is 48.5 Å². The monoisotopic (exact) mass is 311 g/mol. The molecule has 21 heavy (non-hydrogen) atoms. The van der Waals surface area contributed by atoms with E-state index in [1.807, 2.05) is 0 Å². The van der Waals surface area contributed by atoms with Gasteiger partial charge < -0.3 is 9.31 Å². The van der Waals surface area contributed by atoms with Gasteiger partial charge in [0, 0.05) is 12.1 Å². The van der Waals surface area contributed by atoms with Crippen molar-refractivity contribution in [3.63, 3.8) is 0 Å². The first-order valence-electron chi connectivity index (χ1n) is 5.83. The van der Waals surface area contributed by atoms with Gasteiger partial charge in [-0.1, -0.05) is 12.1 Å². The maximum Gasteiger partial charge on any atom is 0.658 e. The van der Waals surface area contributed by atoms with E-state index in [-0.39, 0.29) is 0 Å². The van der Waals surface area contributed by atoms with Crippen LogP contribution < -0.4 is 9.31 Å². The molecule has 2 aromatic rings. The molecule has 0 atom stereocenters. The highest BCUT2D eigenvalue weighted by Gasteiger charge is 2.03. The summed E-state index contributed by atoms with van der Waals surface area (Å²) in [6, 6.07) is 14.1. The number of benzene rings is 2. The molecule has 0 aliphatic carbocycles. The van der Waals surface area contributed by atoms with Crippen molar-refractivity contribution in [3.8, 4) is 11.5 Å². The Hall–Kier alpha value is -2.30. The number of nitrogens with zero attached hydrogens (tertiary/aromatic N) is 2. The van der Waals surface area contributed by atoms with Crippen LogP contribution in [0.15, 0.2) is 58.5 Å². The van der Waals surface area contributed by atoms with Crippen LogP contribution in [-0.4, -0.2) is 18.0 Å². The molecule has 0 bridgehead atoms. The molecular weight excluding hydrogens is 303 g/mol. The molecule has 0 amide bonds. The van der Waals surface area contributed by atoms with Crippen molar-refractivity contribution in [2.24, 2.45) is 9.98 Å². The third kappa shape index (κ3) is 4.95. The molecule has 2 aromatic carbocycles. The normalized spacial score (nSPS) is 8.95. The number of rotatable bonds is 6. The standard InChI is InChI=1S/C14H8BN2O2S2/c20-9-16-11-3-1-5-13(7-11)18-15-19-14-6-2-4-12(8-14)17-10-21/h1-8H. The van der Waals surface area contributed by atoms with E-state index >= 15 is 0 Å². The van der Waals surface area contributed by atoms with Crippen LogP contribution in [0, 0.1) is 0 Å². The predicted octanol–water partition coefficient (Wildman–Crippen LogP) is 4.15. The summed E-state index contributed by atoms with van der Waals surface area (Å²) in [6.07, 6.45) is 0. The van der Waals surface area contributed by atoms with Gasteiger partial charge in [0.1, 0.15) is 11.5 Å². The molecule has 0 heterocycles. The Morgan fingerprint density at radius 2 is 1.29 bits per heavy atom. The lowest BCUT2D eigenvalue weighted by atomic mass is 10.2. The molecular formula is C14H8BN2O2S2. The van der Waals surface area contributed by atoms with Crippen LogP contribution in [0.3, 0.4) is 0 Å². The van der Waals surface area contributed by atoms with Gasteiger partial charge in [-0.15, -0.1) is 0 Å². The van der Waals surface area contributed by atoms with Crippen LogP contribution in [0.4, 0.5) is 11.4 Å². The lowest BCUT2D eigenvalue weighted by molar-refractivity contribution is 0.459. The van der Waals surface area contributed by atoms with Crippen molar-refractivity contribution in [2.45, 2.75) is 0 Å². The lowest BCUT2D eigenvalue weighted by Crippen LogP contribution is -2.10. The molecule has 101 valence electrons. The van der Waals surface area contributed by atoms with Crippen molar-refractivity contribution in [2.75, 3.05) is 0 Å². The molecule has 0 saturated carbocycles. The quantitative estimate of drug-likeness (QED) is 0.457. The first kappa shape index (κ1) is 15.1. The average molecular weight is 311 g/mol. The highest BCUT2D eigenvalue weighted by Crippen LogP contribution is 2.21. The van der Waals surface area contributed by atoms with Gasteiger partial charge in [-0.3, -0.25) is 0 Å². The van der Waals surface area contributed by atoms with Gasteiger partial charge in [-0.05, 0) is 48.7 Å². The third-order valence-corrected chi connectivity index (χ3v) is 2.54. The summed E-state index contributed by atoms with van der Waals surface area (Å²) < 4.78 is 10.7. The van der Waals surface area contributed by atoms with Crippen molar-refractivity contribution >= 4 is 53.8 Å². The Morgan fingerprint density at radius 1 is 0.810 bits per heavy atom. The van der Waals surface area contributed by atoms with Gasteiger partial charge in [0.2, 0.25) is 0 Å². The highest BCUT2D eigenvalue weighted by atomic mass is 32.1. The van der Waals surface area contributed by atoms with Crippen molar-refractivity contribution in [1.82, 2.24) is 0 Å². The van der Waals surface area contributed by atoms with E-state index in [9.17, 15) is 0 Å². The van der Waals surface area contributed by atoms with E-state index < -0.39 is 0 Å². The summed E-state index contributed by atoms with van der Waals surface area (Å²) in [7, 11) is 1.22. The first-order valence-corrected chi connectivity index (χ1v) is 6.64. The third-order valence-electron chi connectivity index (χ3n) is 2.35. The van der Waals surface area contributed by atoms with E-state index in [2.05, 4.69) is 44.7 Å². The summed E-state index contributed by atoms with van der Waals surface area (Å²) in [6.45, 7) is 0. The summed E-state index contributed by atoms with van der Waals surface area (Å²) in [5, 5.41) is 4.60. The molecule has 0 aromatic heterocycles. The van der Waals surface area contributed by atoms with Gasteiger partial charge in [0.25, 0.3) is 0 Å². The van der Waals surface area contributed by atoms with Gasteiger partial charge in [-0.25, -0.2) is 0 Å². The van der Waals surface area contributed by atoms with Gasteiger partial charge >= 0.3 is 7.69 Å². The zero-order valence-electron chi connectivity index (χ0n) is 10.7. The van der Waals surface area contributed by atoms with E-state index in [1.54, 1.807) is 48.5 Å². The highest BCUT2D eigenvalue weighted by molar-refractivity contribution is 7.78. The van der Waals surface area contributed by atoms with Gasteiger partial charge in [0.15, 0.2) is 0 Å². The SMILES string of the molecule is S=C=Nc1cccc(O[B]Oc2cccc(N=C=S)c2)c1. The minimum atomic E-state index is 0.578. The summed E-state index contributed by atoms with van der Waals surface area (Å²) in [4.78, 5) is 7.73. The Bertz CT molecular complexity index is 665. The Kier molecular flexibility index (Phi) is 5.82. The van der Waals surface area contributed by atoms with Crippen LogP contribution in [-0.2, 0) is 0 Å². The lowest BCUT2D eigenvalue weighted by Gasteiger charge is -2.07. The fourth-order valence-corrected chi connectivity index (χ4v) is 1.70. The summed E-state index contributed by atoms with van der Waals surface area (Å²) in [5.74, 6) is 1.16. The smallest absolute Gasteiger partial charge is 0.526 e. The number of thiocarbonyl (C=S) groups is 2. The Balaban J connectivity index is 1.95. The van der Waals surface area contributed by atoms with Crippen LogP contribution in [0.1, 0.15) is 0 Å². The second kappa shape index (κ2) is 8.09.